The van der Waals surface area contributed by atoms with E-state index in [9.17, 15) is 4.39 Å². The monoisotopic (exact) mass is 286 g/mol. The summed E-state index contributed by atoms with van der Waals surface area (Å²) in [5.41, 5.74) is 10.4. The van der Waals surface area contributed by atoms with Crippen molar-refractivity contribution < 1.29 is 4.39 Å². The lowest BCUT2D eigenvalue weighted by Gasteiger charge is -2.22. The first-order chi connectivity index (χ1) is 9.97. The fourth-order valence-electron chi connectivity index (χ4n) is 2.56. The summed E-state index contributed by atoms with van der Waals surface area (Å²) in [6.07, 6.45) is 0.713. The van der Waals surface area contributed by atoms with E-state index in [2.05, 4.69) is 36.9 Å². The molecular weight excluding hydrogens is 263 g/mol. The highest BCUT2D eigenvalue weighted by Gasteiger charge is 2.12. The summed E-state index contributed by atoms with van der Waals surface area (Å²) in [5.74, 6) is -0.223. The normalized spacial score (nSPS) is 12.2. The topological polar surface area (TPSA) is 29.3 Å². The Morgan fingerprint density at radius 1 is 1.10 bits per heavy atom. The summed E-state index contributed by atoms with van der Waals surface area (Å²) in [5, 5.41) is 0. The molecule has 0 amide bonds. The third-order valence-electron chi connectivity index (χ3n) is 3.73. The van der Waals surface area contributed by atoms with E-state index in [-0.39, 0.29) is 11.9 Å². The molecule has 2 aromatic carbocycles. The van der Waals surface area contributed by atoms with Crippen LogP contribution >= 0.6 is 0 Å². The molecule has 2 aromatic rings. The van der Waals surface area contributed by atoms with Gasteiger partial charge < -0.3 is 10.6 Å². The van der Waals surface area contributed by atoms with E-state index < -0.39 is 0 Å². The van der Waals surface area contributed by atoms with Gasteiger partial charge in [-0.1, -0.05) is 24.3 Å². The van der Waals surface area contributed by atoms with Gasteiger partial charge in [0, 0.05) is 30.9 Å². The van der Waals surface area contributed by atoms with Crippen molar-refractivity contribution in [3.05, 3.63) is 65.0 Å². The van der Waals surface area contributed by atoms with Crippen molar-refractivity contribution >= 4 is 5.69 Å². The van der Waals surface area contributed by atoms with Crippen LogP contribution in [0.3, 0.4) is 0 Å². The number of hydrogen-bond acceptors (Lipinski definition) is 2. The van der Waals surface area contributed by atoms with E-state index in [1.165, 1.54) is 22.9 Å². The van der Waals surface area contributed by atoms with Gasteiger partial charge in [0.25, 0.3) is 0 Å². The molecular formula is C18H23FN2. The van der Waals surface area contributed by atoms with Crippen molar-refractivity contribution in [2.75, 3.05) is 18.5 Å². The van der Waals surface area contributed by atoms with Gasteiger partial charge in [0.05, 0.1) is 0 Å². The van der Waals surface area contributed by atoms with Crippen molar-refractivity contribution in [1.29, 1.82) is 0 Å². The van der Waals surface area contributed by atoms with Gasteiger partial charge in [0.2, 0.25) is 0 Å². The van der Waals surface area contributed by atoms with Gasteiger partial charge in [-0.25, -0.2) is 4.39 Å². The second-order valence-electron chi connectivity index (χ2n) is 5.68. The molecule has 2 rings (SSSR count). The van der Waals surface area contributed by atoms with Crippen molar-refractivity contribution in [2.24, 2.45) is 5.73 Å². The van der Waals surface area contributed by atoms with Crippen LogP contribution in [0, 0.1) is 19.7 Å². The average Bonchev–Trinajstić information content (AvgIpc) is 2.43. The van der Waals surface area contributed by atoms with E-state index in [4.69, 9.17) is 5.73 Å². The van der Waals surface area contributed by atoms with E-state index >= 15 is 0 Å². The minimum Gasteiger partial charge on any atom is -0.375 e. The van der Waals surface area contributed by atoms with Gasteiger partial charge in [-0.3, -0.25) is 0 Å². The summed E-state index contributed by atoms with van der Waals surface area (Å²) in [7, 11) is 2.04. The van der Waals surface area contributed by atoms with Gasteiger partial charge in [-0.05, 0) is 49.6 Å². The summed E-state index contributed by atoms with van der Waals surface area (Å²) in [6.45, 7) is 4.98. The number of hydrogen-bond donors (Lipinski definition) is 1. The fourth-order valence-corrected chi connectivity index (χ4v) is 2.56. The number of aryl methyl sites for hydroxylation is 2. The van der Waals surface area contributed by atoms with Gasteiger partial charge in [0.1, 0.15) is 5.82 Å². The molecule has 0 aromatic heterocycles. The van der Waals surface area contributed by atoms with E-state index in [1.807, 2.05) is 13.1 Å². The van der Waals surface area contributed by atoms with Crippen LogP contribution in [0.4, 0.5) is 10.1 Å². The zero-order valence-corrected chi connectivity index (χ0v) is 12.9. The Kier molecular flexibility index (Phi) is 4.97. The molecule has 0 aliphatic heterocycles. The molecule has 2 nitrogen and oxygen atoms in total. The molecule has 3 heteroatoms. The van der Waals surface area contributed by atoms with Crippen molar-refractivity contribution in [3.8, 4) is 0 Å². The molecule has 0 saturated carbocycles. The van der Waals surface area contributed by atoms with Crippen molar-refractivity contribution in [2.45, 2.75) is 26.3 Å². The number of halogens is 1. The highest BCUT2D eigenvalue weighted by atomic mass is 19.1. The zero-order chi connectivity index (χ0) is 15.4. The van der Waals surface area contributed by atoms with Crippen LogP contribution in [0.5, 0.6) is 0 Å². The SMILES string of the molecule is Cc1cc(C)cc(N(C)CCC(N)c2ccccc2F)c1. The van der Waals surface area contributed by atoms with E-state index in [1.54, 1.807) is 12.1 Å². The second-order valence-corrected chi connectivity index (χ2v) is 5.68. The number of nitrogens with two attached hydrogens (primary N) is 1. The Morgan fingerprint density at radius 2 is 1.71 bits per heavy atom. The molecule has 1 atom stereocenters. The van der Waals surface area contributed by atoms with Crippen LogP contribution in [0.1, 0.15) is 29.2 Å². The van der Waals surface area contributed by atoms with Crippen LogP contribution in [0.25, 0.3) is 0 Å². The summed E-state index contributed by atoms with van der Waals surface area (Å²) >= 11 is 0. The minimum absolute atomic E-state index is 0.223. The Balaban J connectivity index is 2.00. The molecule has 2 N–H and O–H groups in total. The van der Waals surface area contributed by atoms with Crippen LogP contribution in [0.2, 0.25) is 0 Å². The lowest BCUT2D eigenvalue weighted by Crippen LogP contribution is -2.24. The minimum atomic E-state index is -0.278. The maximum Gasteiger partial charge on any atom is 0.127 e. The van der Waals surface area contributed by atoms with Gasteiger partial charge >= 0.3 is 0 Å². The molecule has 1 unspecified atom stereocenters. The fraction of sp³-hybridized carbons (Fsp3) is 0.333. The predicted octanol–water partition coefficient (Wildman–Crippen LogP) is 3.97. The summed E-state index contributed by atoms with van der Waals surface area (Å²) in [6, 6.07) is 12.9. The molecule has 0 spiro atoms. The highest BCUT2D eigenvalue weighted by Crippen LogP contribution is 2.21. The van der Waals surface area contributed by atoms with Crippen LogP contribution in [0.15, 0.2) is 42.5 Å². The molecule has 0 aliphatic carbocycles. The van der Waals surface area contributed by atoms with E-state index in [0.29, 0.717) is 12.0 Å². The molecule has 0 saturated heterocycles. The van der Waals surface area contributed by atoms with Crippen LogP contribution < -0.4 is 10.6 Å². The van der Waals surface area contributed by atoms with Gasteiger partial charge in [-0.2, -0.15) is 0 Å². The van der Waals surface area contributed by atoms with Crippen molar-refractivity contribution in [1.82, 2.24) is 0 Å². The van der Waals surface area contributed by atoms with Crippen molar-refractivity contribution in [3.63, 3.8) is 0 Å². The smallest absolute Gasteiger partial charge is 0.127 e. The maximum atomic E-state index is 13.7. The number of rotatable bonds is 5. The third-order valence-corrected chi connectivity index (χ3v) is 3.73. The summed E-state index contributed by atoms with van der Waals surface area (Å²) < 4.78 is 13.7. The van der Waals surface area contributed by atoms with Crippen LogP contribution in [-0.2, 0) is 0 Å². The zero-order valence-electron chi connectivity index (χ0n) is 12.9. The lowest BCUT2D eigenvalue weighted by molar-refractivity contribution is 0.563. The number of anilines is 1. The molecule has 112 valence electrons. The summed E-state index contributed by atoms with van der Waals surface area (Å²) in [4.78, 5) is 2.17. The molecule has 0 aliphatic rings. The Bertz CT molecular complexity index is 590. The standard InChI is InChI=1S/C18H23FN2/c1-13-10-14(2)12-15(11-13)21(3)9-8-18(20)16-6-4-5-7-17(16)19/h4-7,10-12,18H,8-9,20H2,1-3H3. The van der Waals surface area contributed by atoms with Gasteiger partial charge in [0.15, 0.2) is 0 Å². The largest absolute Gasteiger partial charge is 0.375 e. The number of benzene rings is 2. The third kappa shape index (κ3) is 4.05. The molecule has 0 heterocycles. The molecule has 21 heavy (non-hydrogen) atoms. The molecule has 0 bridgehead atoms. The molecule has 0 fully saturated rings. The highest BCUT2D eigenvalue weighted by molar-refractivity contribution is 5.50. The maximum absolute atomic E-state index is 13.7. The predicted molar refractivity (Wildman–Crippen MR) is 87.1 cm³/mol. The number of nitrogens with zero attached hydrogens (tertiary/aromatic N) is 1. The Labute approximate surface area is 126 Å². The Hall–Kier alpha value is -1.87. The quantitative estimate of drug-likeness (QED) is 0.901. The first-order valence-corrected chi connectivity index (χ1v) is 7.27. The first kappa shape index (κ1) is 15.5. The van der Waals surface area contributed by atoms with E-state index in [0.717, 1.165) is 6.54 Å². The molecule has 0 radical (unpaired) electrons. The Morgan fingerprint density at radius 3 is 2.33 bits per heavy atom. The average molecular weight is 286 g/mol. The van der Waals surface area contributed by atoms with Gasteiger partial charge in [-0.15, -0.1) is 0 Å². The van der Waals surface area contributed by atoms with Crippen LogP contribution in [-0.4, -0.2) is 13.6 Å². The second kappa shape index (κ2) is 6.72. The lowest BCUT2D eigenvalue weighted by atomic mass is 10.0. The first-order valence-electron chi connectivity index (χ1n) is 7.27.